The minimum atomic E-state index is -3.82. The zero-order valence-electron chi connectivity index (χ0n) is 16.1. The summed E-state index contributed by atoms with van der Waals surface area (Å²) in [6, 6.07) is 5.61. The first kappa shape index (κ1) is 21.8. The van der Waals surface area contributed by atoms with Crippen LogP contribution in [0.3, 0.4) is 0 Å². The van der Waals surface area contributed by atoms with Crippen molar-refractivity contribution in [1.29, 1.82) is 0 Å². The van der Waals surface area contributed by atoms with Crippen LogP contribution in [0.25, 0.3) is 11.0 Å². The summed E-state index contributed by atoms with van der Waals surface area (Å²) in [5.41, 5.74) is 0.550. The number of hydrogen-bond acceptors (Lipinski definition) is 5. The molecule has 0 radical (unpaired) electrons. The minimum absolute atomic E-state index is 0.0154. The number of carboxylic acids is 1. The standard InChI is InChI=1S/C19H18Cl2N4O5S/c20-12-1-2-17(14(21)9-12)31(29,30)23-7-4-13(5-8-23)25-15-3-6-22-10-16(15)24(19(25)28)11-18(26)27/h1-3,6,9-10,13H,4-5,7-8,11H2,(H,26,27). The molecule has 12 heteroatoms. The Hall–Kier alpha value is -2.40. The van der Waals surface area contributed by atoms with Gasteiger partial charge in [0.05, 0.1) is 22.3 Å². The van der Waals surface area contributed by atoms with E-state index in [0.717, 1.165) is 0 Å². The molecule has 1 saturated heterocycles. The maximum absolute atomic E-state index is 13.0. The van der Waals surface area contributed by atoms with E-state index in [1.54, 1.807) is 10.6 Å². The van der Waals surface area contributed by atoms with E-state index in [2.05, 4.69) is 4.98 Å². The molecule has 3 heterocycles. The molecule has 0 spiro atoms. The van der Waals surface area contributed by atoms with Gasteiger partial charge in [0.1, 0.15) is 11.4 Å². The van der Waals surface area contributed by atoms with E-state index in [1.807, 2.05) is 0 Å². The molecule has 1 aliphatic rings. The highest BCUT2D eigenvalue weighted by molar-refractivity contribution is 7.89. The first-order valence-electron chi connectivity index (χ1n) is 9.42. The smallest absolute Gasteiger partial charge is 0.329 e. The van der Waals surface area contributed by atoms with Gasteiger partial charge in [0.2, 0.25) is 10.0 Å². The fourth-order valence-corrected chi connectivity index (χ4v) is 6.15. The first-order chi connectivity index (χ1) is 14.7. The van der Waals surface area contributed by atoms with Gasteiger partial charge in [0, 0.05) is 30.4 Å². The van der Waals surface area contributed by atoms with Gasteiger partial charge in [-0.25, -0.2) is 13.2 Å². The average Bonchev–Trinajstić information content (AvgIpc) is 2.99. The van der Waals surface area contributed by atoms with Crippen LogP contribution in [0.1, 0.15) is 18.9 Å². The lowest BCUT2D eigenvalue weighted by Crippen LogP contribution is -2.41. The molecular formula is C19H18Cl2N4O5S. The SMILES string of the molecule is O=C(O)Cn1c(=O)n(C2CCN(S(=O)(=O)c3ccc(Cl)cc3Cl)CC2)c2ccncc21. The van der Waals surface area contributed by atoms with E-state index in [0.29, 0.717) is 28.9 Å². The van der Waals surface area contributed by atoms with Gasteiger partial charge >= 0.3 is 11.7 Å². The maximum atomic E-state index is 13.0. The van der Waals surface area contributed by atoms with Gasteiger partial charge in [0.15, 0.2) is 0 Å². The summed E-state index contributed by atoms with van der Waals surface area (Å²) in [6.45, 7) is -0.0967. The number of carboxylic acid groups (broad SMARTS) is 1. The molecule has 0 atom stereocenters. The van der Waals surface area contributed by atoms with Crippen LogP contribution in [0.4, 0.5) is 0 Å². The monoisotopic (exact) mass is 484 g/mol. The maximum Gasteiger partial charge on any atom is 0.329 e. The lowest BCUT2D eigenvalue weighted by Gasteiger charge is -2.32. The zero-order valence-corrected chi connectivity index (χ0v) is 18.4. The number of aromatic nitrogens is 3. The number of pyridine rings is 1. The van der Waals surface area contributed by atoms with E-state index in [1.165, 1.54) is 39.5 Å². The van der Waals surface area contributed by atoms with Crippen LogP contribution >= 0.6 is 23.2 Å². The number of piperidine rings is 1. The van der Waals surface area contributed by atoms with E-state index in [-0.39, 0.29) is 29.0 Å². The van der Waals surface area contributed by atoms with Crippen molar-refractivity contribution in [2.75, 3.05) is 13.1 Å². The van der Waals surface area contributed by atoms with Crippen LogP contribution in [0.5, 0.6) is 0 Å². The van der Waals surface area contributed by atoms with Gasteiger partial charge in [0.25, 0.3) is 0 Å². The van der Waals surface area contributed by atoms with Crippen molar-refractivity contribution in [2.45, 2.75) is 30.3 Å². The largest absolute Gasteiger partial charge is 0.480 e. The molecule has 2 aromatic heterocycles. The van der Waals surface area contributed by atoms with Crippen molar-refractivity contribution in [1.82, 2.24) is 18.4 Å². The molecule has 4 rings (SSSR count). The van der Waals surface area contributed by atoms with E-state index in [4.69, 9.17) is 28.3 Å². The molecule has 0 bridgehead atoms. The number of aliphatic carboxylic acids is 1. The van der Waals surface area contributed by atoms with Crippen molar-refractivity contribution in [3.8, 4) is 0 Å². The summed E-state index contributed by atoms with van der Waals surface area (Å²) in [4.78, 5) is 28.2. The third kappa shape index (κ3) is 3.96. The first-order valence-corrected chi connectivity index (χ1v) is 11.6. The summed E-state index contributed by atoms with van der Waals surface area (Å²) in [6.07, 6.45) is 3.77. The van der Waals surface area contributed by atoms with Crippen molar-refractivity contribution in [3.05, 3.63) is 57.2 Å². The Balaban J connectivity index is 1.62. The average molecular weight is 485 g/mol. The fraction of sp³-hybridized carbons (Fsp3) is 0.316. The summed E-state index contributed by atoms with van der Waals surface area (Å²) in [5, 5.41) is 9.55. The number of carbonyl (C=O) groups is 1. The molecule has 0 aliphatic carbocycles. The Morgan fingerprint density at radius 2 is 1.87 bits per heavy atom. The Labute approximate surface area is 187 Å². The Bertz CT molecular complexity index is 1330. The normalized spacial score (nSPS) is 16.1. The van der Waals surface area contributed by atoms with Crippen LogP contribution in [-0.4, -0.2) is 51.0 Å². The molecule has 0 unspecified atom stereocenters. The molecule has 164 valence electrons. The van der Waals surface area contributed by atoms with Gasteiger partial charge in [-0.2, -0.15) is 4.31 Å². The van der Waals surface area contributed by atoms with Crippen molar-refractivity contribution in [3.63, 3.8) is 0 Å². The molecule has 31 heavy (non-hydrogen) atoms. The van der Waals surface area contributed by atoms with Gasteiger partial charge in [-0.15, -0.1) is 0 Å². The molecule has 1 fully saturated rings. The van der Waals surface area contributed by atoms with E-state index < -0.39 is 28.2 Å². The molecular weight excluding hydrogens is 467 g/mol. The number of fused-ring (bicyclic) bond motifs is 1. The highest BCUT2D eigenvalue weighted by Gasteiger charge is 2.33. The predicted octanol–water partition coefficient (Wildman–Crippen LogP) is 2.62. The fourth-order valence-electron chi connectivity index (χ4n) is 3.93. The second kappa shape index (κ2) is 8.27. The number of imidazole rings is 1. The number of rotatable bonds is 5. The van der Waals surface area contributed by atoms with Gasteiger partial charge in [-0.3, -0.25) is 18.9 Å². The van der Waals surface area contributed by atoms with Crippen LogP contribution in [0.2, 0.25) is 10.0 Å². The number of halogens is 2. The Morgan fingerprint density at radius 1 is 1.16 bits per heavy atom. The third-order valence-corrected chi connectivity index (χ3v) is 7.98. The topological polar surface area (TPSA) is 114 Å². The molecule has 3 aromatic rings. The number of hydrogen-bond donors (Lipinski definition) is 1. The second-order valence-electron chi connectivity index (χ2n) is 7.21. The third-order valence-electron chi connectivity index (χ3n) is 5.36. The van der Waals surface area contributed by atoms with Crippen molar-refractivity contribution >= 4 is 50.2 Å². The summed E-state index contributed by atoms with van der Waals surface area (Å²) >= 11 is 12.0. The molecule has 1 N–H and O–H groups in total. The summed E-state index contributed by atoms with van der Waals surface area (Å²) in [5.74, 6) is -1.13. The number of sulfonamides is 1. The highest BCUT2D eigenvalue weighted by Crippen LogP contribution is 2.32. The minimum Gasteiger partial charge on any atom is -0.480 e. The van der Waals surface area contributed by atoms with E-state index >= 15 is 0 Å². The predicted molar refractivity (Wildman–Crippen MR) is 115 cm³/mol. The van der Waals surface area contributed by atoms with Gasteiger partial charge in [-0.1, -0.05) is 23.2 Å². The summed E-state index contributed by atoms with van der Waals surface area (Å²) < 4.78 is 30.1. The quantitative estimate of drug-likeness (QED) is 0.594. The van der Waals surface area contributed by atoms with Crippen molar-refractivity contribution in [2.24, 2.45) is 0 Å². The highest BCUT2D eigenvalue weighted by atomic mass is 35.5. The molecule has 9 nitrogen and oxygen atoms in total. The zero-order chi connectivity index (χ0) is 22.3. The lowest BCUT2D eigenvalue weighted by atomic mass is 10.1. The lowest BCUT2D eigenvalue weighted by molar-refractivity contribution is -0.137. The molecule has 0 saturated carbocycles. The Morgan fingerprint density at radius 3 is 2.52 bits per heavy atom. The van der Waals surface area contributed by atoms with Crippen LogP contribution < -0.4 is 5.69 Å². The molecule has 1 aromatic carbocycles. The van der Waals surface area contributed by atoms with Gasteiger partial charge in [-0.05, 0) is 37.1 Å². The number of benzene rings is 1. The summed E-state index contributed by atoms with van der Waals surface area (Å²) in [7, 11) is -3.82. The second-order valence-corrected chi connectivity index (χ2v) is 9.96. The number of nitrogens with zero attached hydrogens (tertiary/aromatic N) is 4. The van der Waals surface area contributed by atoms with Crippen LogP contribution in [0.15, 0.2) is 46.3 Å². The van der Waals surface area contributed by atoms with E-state index in [9.17, 15) is 18.0 Å². The molecule has 1 aliphatic heterocycles. The van der Waals surface area contributed by atoms with Gasteiger partial charge < -0.3 is 5.11 Å². The Kier molecular flexibility index (Phi) is 5.82. The van der Waals surface area contributed by atoms with Crippen LogP contribution in [-0.2, 0) is 21.4 Å². The van der Waals surface area contributed by atoms with Crippen molar-refractivity contribution < 1.29 is 18.3 Å². The van der Waals surface area contributed by atoms with Crippen LogP contribution in [0, 0.1) is 0 Å². The molecule has 0 amide bonds.